The van der Waals surface area contributed by atoms with Gasteiger partial charge in [0, 0.05) is 19.8 Å². The molecular weight excluding hydrogens is 119 g/mol. The van der Waals surface area contributed by atoms with Gasteiger partial charge in [-0.1, -0.05) is 6.08 Å². The summed E-state index contributed by atoms with van der Waals surface area (Å²) in [6, 6.07) is 0. The molecule has 3 heteroatoms. The van der Waals surface area contributed by atoms with Crippen LogP contribution in [0.2, 0.25) is 0 Å². The molecule has 1 atom stereocenters. The molecule has 0 aromatic heterocycles. The van der Waals surface area contributed by atoms with E-state index >= 15 is 0 Å². The number of hydrogen-bond acceptors (Lipinski definition) is 2. The smallest absolute Gasteiger partial charge is 0.0510 e. The lowest BCUT2D eigenvalue weighted by Gasteiger charge is -2.25. The molecular formula is C5H11N2P. The molecule has 1 heterocycles. The van der Waals surface area contributed by atoms with E-state index in [1.165, 1.54) is 0 Å². The van der Waals surface area contributed by atoms with Crippen LogP contribution in [0.3, 0.4) is 0 Å². The van der Waals surface area contributed by atoms with Crippen LogP contribution in [0.5, 0.6) is 0 Å². The normalized spacial score (nSPS) is 25.0. The molecule has 0 aromatic rings. The average Bonchev–Trinajstić information content (AvgIpc) is 1.64. The Bertz CT molecular complexity index is 103. The molecule has 0 fully saturated rings. The van der Waals surface area contributed by atoms with E-state index in [0.29, 0.717) is 0 Å². The first kappa shape index (κ1) is 6.06. The first-order valence-corrected chi connectivity index (χ1v) is 3.55. The molecule has 0 spiro atoms. The summed E-state index contributed by atoms with van der Waals surface area (Å²) >= 11 is 0. The summed E-state index contributed by atoms with van der Waals surface area (Å²) in [5.74, 6) is 0. The monoisotopic (exact) mass is 130 g/mol. The Balaban J connectivity index is 2.42. The van der Waals surface area contributed by atoms with Gasteiger partial charge in [0.25, 0.3) is 0 Å². The van der Waals surface area contributed by atoms with Crippen molar-refractivity contribution in [2.45, 2.75) is 0 Å². The lowest BCUT2D eigenvalue weighted by atomic mass is 10.6. The van der Waals surface area contributed by atoms with Crippen LogP contribution < -0.4 is 0 Å². The highest BCUT2D eigenvalue weighted by molar-refractivity contribution is 7.32. The van der Waals surface area contributed by atoms with Gasteiger partial charge in [0.15, 0.2) is 0 Å². The zero-order valence-corrected chi connectivity index (χ0v) is 6.26. The van der Waals surface area contributed by atoms with Gasteiger partial charge in [-0.25, -0.2) is 0 Å². The second kappa shape index (κ2) is 2.47. The van der Waals surface area contributed by atoms with Crippen LogP contribution in [0.1, 0.15) is 0 Å². The van der Waals surface area contributed by atoms with Gasteiger partial charge in [-0.3, -0.25) is 4.67 Å². The molecule has 0 saturated carbocycles. The minimum absolute atomic E-state index is 0.829. The van der Waals surface area contributed by atoms with Crippen molar-refractivity contribution >= 4 is 8.88 Å². The Morgan fingerprint density at radius 2 is 2.25 bits per heavy atom. The fourth-order valence-electron chi connectivity index (χ4n) is 0.707. The Hall–Kier alpha value is -0.0700. The van der Waals surface area contributed by atoms with Crippen molar-refractivity contribution in [1.82, 2.24) is 9.34 Å². The maximum atomic E-state index is 2.28. The van der Waals surface area contributed by atoms with Crippen LogP contribution in [-0.4, -0.2) is 30.0 Å². The molecule has 8 heavy (non-hydrogen) atoms. The van der Waals surface area contributed by atoms with E-state index in [1.54, 1.807) is 0 Å². The van der Waals surface area contributed by atoms with Crippen molar-refractivity contribution in [3.8, 4) is 0 Å². The number of nitrogens with zero attached hydrogens (tertiary/aromatic N) is 2. The van der Waals surface area contributed by atoms with Gasteiger partial charge in [-0.05, 0) is 7.05 Å². The van der Waals surface area contributed by atoms with Crippen molar-refractivity contribution in [3.05, 3.63) is 12.3 Å². The van der Waals surface area contributed by atoms with Crippen molar-refractivity contribution < 1.29 is 0 Å². The maximum absolute atomic E-state index is 2.28. The van der Waals surface area contributed by atoms with Gasteiger partial charge in [0.2, 0.25) is 0 Å². The van der Waals surface area contributed by atoms with E-state index in [4.69, 9.17) is 0 Å². The van der Waals surface area contributed by atoms with Crippen molar-refractivity contribution in [3.63, 3.8) is 0 Å². The molecule has 46 valence electrons. The van der Waals surface area contributed by atoms with Gasteiger partial charge in [0.05, 0.1) is 8.88 Å². The van der Waals surface area contributed by atoms with E-state index in [9.17, 15) is 0 Å². The van der Waals surface area contributed by atoms with Crippen molar-refractivity contribution in [2.24, 2.45) is 0 Å². The molecule has 1 aliphatic heterocycles. The van der Waals surface area contributed by atoms with E-state index in [-0.39, 0.29) is 0 Å². The molecule has 2 nitrogen and oxygen atoms in total. The van der Waals surface area contributed by atoms with Crippen LogP contribution in [-0.2, 0) is 0 Å². The minimum atomic E-state index is 0.829. The first-order chi connectivity index (χ1) is 3.79. The summed E-state index contributed by atoms with van der Waals surface area (Å²) in [6.45, 7) is 1.10. The van der Waals surface area contributed by atoms with Gasteiger partial charge >= 0.3 is 0 Å². The summed E-state index contributed by atoms with van der Waals surface area (Å²) in [7, 11) is 5.04. The molecule has 1 aliphatic rings. The lowest BCUT2D eigenvalue weighted by molar-refractivity contribution is 0.553. The number of hydrogen-bond donors (Lipinski definition) is 0. The average molecular weight is 130 g/mol. The second-order valence-corrected chi connectivity index (χ2v) is 3.65. The van der Waals surface area contributed by atoms with Gasteiger partial charge in [-0.15, -0.1) is 0 Å². The SMILES string of the molecule is CN1C=CCN(C)P1. The van der Waals surface area contributed by atoms with Gasteiger partial charge in [0.1, 0.15) is 0 Å². The van der Waals surface area contributed by atoms with Crippen LogP contribution >= 0.6 is 8.88 Å². The molecule has 0 aliphatic carbocycles. The Morgan fingerprint density at radius 3 is 2.62 bits per heavy atom. The fraction of sp³-hybridized carbons (Fsp3) is 0.600. The molecule has 0 radical (unpaired) electrons. The Kier molecular flexibility index (Phi) is 1.87. The van der Waals surface area contributed by atoms with Crippen molar-refractivity contribution in [1.29, 1.82) is 0 Å². The second-order valence-electron chi connectivity index (χ2n) is 1.98. The molecule has 1 rings (SSSR count). The molecule has 0 amide bonds. The van der Waals surface area contributed by atoms with Crippen LogP contribution in [0.4, 0.5) is 0 Å². The third-order valence-corrected chi connectivity index (χ3v) is 2.03. The highest BCUT2D eigenvalue weighted by atomic mass is 31.1. The van der Waals surface area contributed by atoms with Crippen LogP contribution in [0.25, 0.3) is 0 Å². The third kappa shape index (κ3) is 1.46. The first-order valence-electron chi connectivity index (χ1n) is 2.66. The summed E-state index contributed by atoms with van der Waals surface area (Å²) in [5, 5.41) is 0. The lowest BCUT2D eigenvalue weighted by Crippen LogP contribution is -2.17. The summed E-state index contributed by atoms with van der Waals surface area (Å²) in [4.78, 5) is 0. The summed E-state index contributed by atoms with van der Waals surface area (Å²) in [6.07, 6.45) is 4.29. The topological polar surface area (TPSA) is 6.48 Å². The van der Waals surface area contributed by atoms with E-state index in [2.05, 4.69) is 35.7 Å². The quantitative estimate of drug-likeness (QED) is 0.449. The fourth-order valence-corrected chi connectivity index (χ4v) is 1.60. The Labute approximate surface area is 52.1 Å². The molecule has 0 N–H and O–H groups in total. The summed E-state index contributed by atoms with van der Waals surface area (Å²) < 4.78 is 4.46. The number of likely N-dealkylation sites (N-methyl/N-ethyl adjacent to an activating group) is 1. The molecule has 0 saturated heterocycles. The molecule has 0 bridgehead atoms. The predicted molar refractivity (Wildman–Crippen MR) is 37.8 cm³/mol. The molecule has 1 unspecified atom stereocenters. The largest absolute Gasteiger partial charge is 0.350 e. The van der Waals surface area contributed by atoms with E-state index in [0.717, 1.165) is 15.4 Å². The van der Waals surface area contributed by atoms with Crippen molar-refractivity contribution in [2.75, 3.05) is 20.6 Å². The van der Waals surface area contributed by atoms with Gasteiger partial charge < -0.3 is 4.67 Å². The zero-order chi connectivity index (χ0) is 5.98. The number of rotatable bonds is 0. The zero-order valence-electron chi connectivity index (χ0n) is 5.26. The van der Waals surface area contributed by atoms with E-state index < -0.39 is 0 Å². The molecule has 0 aromatic carbocycles. The third-order valence-electron chi connectivity index (χ3n) is 1.04. The maximum Gasteiger partial charge on any atom is 0.0510 e. The standard InChI is InChI=1S/C5H11N2P/c1-6-4-3-5-7(2)8-6/h3-4,8H,5H2,1-2H3. The van der Waals surface area contributed by atoms with Gasteiger partial charge in [-0.2, -0.15) is 0 Å². The predicted octanol–water partition coefficient (Wildman–Crippen LogP) is 0.886. The van der Waals surface area contributed by atoms with E-state index in [1.807, 2.05) is 0 Å². The highest BCUT2D eigenvalue weighted by Gasteiger charge is 2.01. The highest BCUT2D eigenvalue weighted by Crippen LogP contribution is 2.22. The summed E-state index contributed by atoms with van der Waals surface area (Å²) in [5.41, 5.74) is 0. The Morgan fingerprint density at radius 1 is 1.50 bits per heavy atom. The van der Waals surface area contributed by atoms with Crippen LogP contribution in [0.15, 0.2) is 12.3 Å². The minimum Gasteiger partial charge on any atom is -0.350 e. The van der Waals surface area contributed by atoms with Crippen LogP contribution in [0, 0.1) is 0 Å².